The van der Waals surface area contributed by atoms with Gasteiger partial charge in [0.25, 0.3) is 0 Å². The summed E-state index contributed by atoms with van der Waals surface area (Å²) < 4.78 is 5.25. The van der Waals surface area contributed by atoms with Crippen LogP contribution in [0.4, 0.5) is 0 Å². The van der Waals surface area contributed by atoms with Crippen molar-refractivity contribution < 1.29 is 14.6 Å². The zero-order valence-corrected chi connectivity index (χ0v) is 8.62. The molecule has 0 radical (unpaired) electrons. The molecule has 1 aliphatic carbocycles. The van der Waals surface area contributed by atoms with Crippen LogP contribution in [0.1, 0.15) is 33.1 Å². The molecule has 2 rings (SSSR count). The Bertz CT molecular complexity index is 293. The molecular formula is C11H16O3. The van der Waals surface area contributed by atoms with E-state index >= 15 is 0 Å². The lowest BCUT2D eigenvalue weighted by Gasteiger charge is -2.37. The highest BCUT2D eigenvalue weighted by Crippen LogP contribution is 2.40. The lowest BCUT2D eigenvalue weighted by molar-refractivity contribution is -0.136. The van der Waals surface area contributed by atoms with Gasteiger partial charge in [-0.05, 0) is 25.7 Å². The number of ether oxygens (including phenoxy) is 1. The number of aliphatic hydroxyl groups excluding tert-OH is 1. The van der Waals surface area contributed by atoms with Gasteiger partial charge in [0, 0.05) is 17.9 Å². The van der Waals surface area contributed by atoms with Crippen LogP contribution in [-0.2, 0) is 9.53 Å². The second-order valence-electron chi connectivity index (χ2n) is 4.26. The summed E-state index contributed by atoms with van der Waals surface area (Å²) in [7, 11) is 0. The summed E-state index contributed by atoms with van der Waals surface area (Å²) in [5.41, 5.74) is 0.828. The highest BCUT2D eigenvalue weighted by atomic mass is 16.6. The van der Waals surface area contributed by atoms with Gasteiger partial charge < -0.3 is 9.84 Å². The first-order chi connectivity index (χ1) is 6.61. The fourth-order valence-corrected chi connectivity index (χ4v) is 2.50. The Morgan fingerprint density at radius 2 is 2.21 bits per heavy atom. The van der Waals surface area contributed by atoms with Crippen LogP contribution in [0.25, 0.3) is 0 Å². The largest absolute Gasteiger partial charge is 0.469 e. The Morgan fingerprint density at radius 3 is 2.93 bits per heavy atom. The minimum absolute atomic E-state index is 0.0398. The zero-order chi connectivity index (χ0) is 10.3. The minimum atomic E-state index is -0.741. The van der Waals surface area contributed by atoms with E-state index in [-0.39, 0.29) is 17.6 Å². The maximum Gasteiger partial charge on any atom is 0.200 e. The summed E-state index contributed by atoms with van der Waals surface area (Å²) in [6.45, 7) is 3.72. The van der Waals surface area contributed by atoms with Crippen molar-refractivity contribution in [2.75, 3.05) is 0 Å². The SMILES string of the molecule is CC1=C2C(=O)CCCC2C(C)C(O)O1. The molecule has 0 saturated heterocycles. The van der Waals surface area contributed by atoms with Gasteiger partial charge in [-0.3, -0.25) is 4.79 Å². The Kier molecular flexibility index (Phi) is 2.35. The predicted molar refractivity (Wildman–Crippen MR) is 51.3 cm³/mol. The lowest BCUT2D eigenvalue weighted by atomic mass is 9.74. The molecule has 1 N–H and O–H groups in total. The zero-order valence-electron chi connectivity index (χ0n) is 8.62. The first-order valence-electron chi connectivity index (χ1n) is 5.20. The van der Waals surface area contributed by atoms with Crippen LogP contribution in [0.15, 0.2) is 11.3 Å². The maximum atomic E-state index is 11.7. The van der Waals surface area contributed by atoms with Crippen molar-refractivity contribution in [3.8, 4) is 0 Å². The van der Waals surface area contributed by atoms with Gasteiger partial charge in [0.2, 0.25) is 0 Å². The molecule has 1 aliphatic heterocycles. The van der Waals surface area contributed by atoms with Crippen molar-refractivity contribution in [2.45, 2.75) is 39.4 Å². The molecule has 1 fully saturated rings. The van der Waals surface area contributed by atoms with Crippen molar-refractivity contribution in [3.63, 3.8) is 0 Å². The van der Waals surface area contributed by atoms with E-state index in [0.29, 0.717) is 12.2 Å². The molecule has 0 amide bonds. The summed E-state index contributed by atoms with van der Waals surface area (Å²) in [5, 5.41) is 9.61. The third-order valence-corrected chi connectivity index (χ3v) is 3.35. The first kappa shape index (κ1) is 9.71. The summed E-state index contributed by atoms with van der Waals surface area (Å²) in [5.74, 6) is 1.08. The number of allylic oxidation sites excluding steroid dienone is 2. The number of ketones is 1. The van der Waals surface area contributed by atoms with Gasteiger partial charge >= 0.3 is 0 Å². The van der Waals surface area contributed by atoms with Gasteiger partial charge in [-0.1, -0.05) is 6.92 Å². The van der Waals surface area contributed by atoms with Crippen molar-refractivity contribution in [3.05, 3.63) is 11.3 Å². The number of hydrogen-bond donors (Lipinski definition) is 1. The van der Waals surface area contributed by atoms with Gasteiger partial charge in [-0.25, -0.2) is 0 Å². The molecule has 1 heterocycles. The molecule has 3 unspecified atom stereocenters. The first-order valence-corrected chi connectivity index (χ1v) is 5.20. The van der Waals surface area contributed by atoms with E-state index in [4.69, 9.17) is 4.74 Å². The molecule has 14 heavy (non-hydrogen) atoms. The summed E-state index contributed by atoms with van der Waals surface area (Å²) >= 11 is 0. The number of hydrogen-bond acceptors (Lipinski definition) is 3. The van der Waals surface area contributed by atoms with Crippen molar-refractivity contribution in [1.29, 1.82) is 0 Å². The molecule has 0 aromatic rings. The number of carbonyl (C=O) groups excluding carboxylic acids is 1. The van der Waals surface area contributed by atoms with Gasteiger partial charge in [-0.15, -0.1) is 0 Å². The van der Waals surface area contributed by atoms with Crippen LogP contribution in [0.3, 0.4) is 0 Å². The van der Waals surface area contributed by atoms with E-state index in [2.05, 4.69) is 0 Å². The molecule has 0 bridgehead atoms. The van der Waals surface area contributed by atoms with Crippen molar-refractivity contribution in [2.24, 2.45) is 11.8 Å². The number of aliphatic hydroxyl groups is 1. The molecule has 0 spiro atoms. The molecule has 3 nitrogen and oxygen atoms in total. The minimum Gasteiger partial charge on any atom is -0.469 e. The van der Waals surface area contributed by atoms with E-state index in [9.17, 15) is 9.90 Å². The topological polar surface area (TPSA) is 46.5 Å². The Labute approximate surface area is 83.8 Å². The lowest BCUT2D eigenvalue weighted by Crippen LogP contribution is -2.38. The van der Waals surface area contributed by atoms with Crippen LogP contribution in [0, 0.1) is 11.8 Å². The fraction of sp³-hybridized carbons (Fsp3) is 0.727. The van der Waals surface area contributed by atoms with Crippen molar-refractivity contribution >= 4 is 5.78 Å². The summed E-state index contributed by atoms with van der Waals surface area (Å²) in [6, 6.07) is 0. The van der Waals surface area contributed by atoms with Gasteiger partial charge in [0.15, 0.2) is 12.1 Å². The third kappa shape index (κ3) is 1.36. The second kappa shape index (κ2) is 3.39. The van der Waals surface area contributed by atoms with Crippen LogP contribution < -0.4 is 0 Å². The molecule has 2 aliphatic rings. The molecule has 78 valence electrons. The highest BCUT2D eigenvalue weighted by molar-refractivity contribution is 5.97. The summed E-state index contributed by atoms with van der Waals surface area (Å²) in [4.78, 5) is 11.7. The van der Waals surface area contributed by atoms with Crippen molar-refractivity contribution in [1.82, 2.24) is 0 Å². The van der Waals surface area contributed by atoms with E-state index in [1.807, 2.05) is 6.92 Å². The predicted octanol–water partition coefficient (Wildman–Crippen LogP) is 1.61. The molecule has 1 saturated carbocycles. The Balaban J connectivity index is 2.37. The van der Waals surface area contributed by atoms with E-state index < -0.39 is 6.29 Å². The normalized spacial score (nSPS) is 37.9. The number of rotatable bonds is 0. The van der Waals surface area contributed by atoms with E-state index in [1.54, 1.807) is 6.92 Å². The quantitative estimate of drug-likeness (QED) is 0.640. The summed E-state index contributed by atoms with van der Waals surface area (Å²) in [6.07, 6.45) is 1.84. The van der Waals surface area contributed by atoms with Gasteiger partial charge in [0.05, 0.1) is 0 Å². The molecule has 0 aromatic heterocycles. The smallest absolute Gasteiger partial charge is 0.200 e. The average Bonchev–Trinajstić information content (AvgIpc) is 2.14. The molecular weight excluding hydrogens is 180 g/mol. The average molecular weight is 196 g/mol. The fourth-order valence-electron chi connectivity index (χ4n) is 2.50. The maximum absolute atomic E-state index is 11.7. The molecule has 3 atom stereocenters. The Morgan fingerprint density at radius 1 is 1.50 bits per heavy atom. The van der Waals surface area contributed by atoms with E-state index in [0.717, 1.165) is 18.4 Å². The van der Waals surface area contributed by atoms with Crippen LogP contribution in [0.5, 0.6) is 0 Å². The highest BCUT2D eigenvalue weighted by Gasteiger charge is 2.39. The van der Waals surface area contributed by atoms with Crippen LogP contribution in [-0.4, -0.2) is 17.2 Å². The standard InChI is InChI=1S/C11H16O3/c1-6-8-4-3-5-9(12)10(8)7(2)14-11(6)13/h6,8,11,13H,3-5H2,1-2H3. The monoisotopic (exact) mass is 196 g/mol. The molecule has 0 aromatic carbocycles. The van der Waals surface area contributed by atoms with Crippen LogP contribution in [0.2, 0.25) is 0 Å². The van der Waals surface area contributed by atoms with Gasteiger partial charge in [0.1, 0.15) is 5.76 Å². The number of Topliss-reactive ketones (excluding diaryl/α,β-unsaturated/α-hetero) is 1. The number of fused-ring (bicyclic) bond motifs is 1. The second-order valence-corrected chi connectivity index (χ2v) is 4.26. The number of carbonyl (C=O) groups is 1. The van der Waals surface area contributed by atoms with E-state index in [1.165, 1.54) is 0 Å². The van der Waals surface area contributed by atoms with Gasteiger partial charge in [-0.2, -0.15) is 0 Å². The molecule has 3 heteroatoms. The third-order valence-electron chi connectivity index (χ3n) is 3.35. The van der Waals surface area contributed by atoms with Crippen LogP contribution >= 0.6 is 0 Å². The Hall–Kier alpha value is -0.830.